The van der Waals surface area contributed by atoms with Gasteiger partial charge in [-0.25, -0.2) is 9.59 Å². The Morgan fingerprint density at radius 2 is 1.42 bits per heavy atom. The van der Waals surface area contributed by atoms with E-state index in [2.05, 4.69) is 13.2 Å². The summed E-state index contributed by atoms with van der Waals surface area (Å²) >= 11 is 0. The minimum Gasteiger partial charge on any atom is -0.451 e. The molecule has 0 heterocycles. The van der Waals surface area contributed by atoms with Crippen molar-refractivity contribution in [1.82, 2.24) is 0 Å². The van der Waals surface area contributed by atoms with Crippen molar-refractivity contribution in [3.8, 4) is 5.75 Å². The van der Waals surface area contributed by atoms with Gasteiger partial charge in [0.2, 0.25) is 0 Å². The molecular formula is C26H26O5. The van der Waals surface area contributed by atoms with Crippen molar-refractivity contribution in [2.75, 3.05) is 0 Å². The van der Waals surface area contributed by atoms with Crippen LogP contribution in [0.4, 0.5) is 0 Å². The smallest absolute Gasteiger partial charge is 0.338 e. The lowest BCUT2D eigenvalue weighted by atomic mass is 9.91. The zero-order chi connectivity index (χ0) is 22.9. The molecule has 0 fully saturated rings. The van der Waals surface area contributed by atoms with Crippen molar-refractivity contribution in [3.05, 3.63) is 78.4 Å². The first-order chi connectivity index (χ1) is 14.5. The highest BCUT2D eigenvalue weighted by Crippen LogP contribution is 2.35. The van der Waals surface area contributed by atoms with Crippen LogP contribution in [0.2, 0.25) is 0 Å². The van der Waals surface area contributed by atoms with Crippen molar-refractivity contribution >= 4 is 33.5 Å². The molecular weight excluding hydrogens is 392 g/mol. The number of aliphatic hydroxyl groups is 1. The van der Waals surface area contributed by atoms with Gasteiger partial charge in [0.15, 0.2) is 6.10 Å². The third-order valence-electron chi connectivity index (χ3n) is 4.91. The fraction of sp³-hybridized carbons (Fsp3) is 0.231. The van der Waals surface area contributed by atoms with Gasteiger partial charge in [0.25, 0.3) is 0 Å². The summed E-state index contributed by atoms with van der Waals surface area (Å²) in [6.07, 6.45) is -0.847. The van der Waals surface area contributed by atoms with Crippen LogP contribution in [0.1, 0.15) is 39.4 Å². The third-order valence-corrected chi connectivity index (χ3v) is 4.91. The molecule has 5 heteroatoms. The van der Waals surface area contributed by atoms with E-state index in [1.165, 1.54) is 0 Å². The second-order valence-corrected chi connectivity index (χ2v) is 8.32. The van der Waals surface area contributed by atoms with E-state index >= 15 is 0 Å². The molecule has 3 aromatic carbocycles. The van der Waals surface area contributed by atoms with E-state index < -0.39 is 23.6 Å². The molecule has 0 aromatic heterocycles. The van der Waals surface area contributed by atoms with Gasteiger partial charge in [-0.2, -0.15) is 0 Å². The summed E-state index contributed by atoms with van der Waals surface area (Å²) in [5, 5.41) is 14.4. The lowest BCUT2D eigenvalue weighted by molar-refractivity contribution is -0.158. The number of hydrogen-bond acceptors (Lipinski definition) is 5. The second-order valence-electron chi connectivity index (χ2n) is 8.32. The van der Waals surface area contributed by atoms with Crippen LogP contribution in [0.3, 0.4) is 0 Å². The van der Waals surface area contributed by atoms with Crippen LogP contribution in [0.25, 0.3) is 21.5 Å². The Hall–Kier alpha value is -3.44. The average molecular weight is 418 g/mol. The number of carbonyl (C=O) groups excluding carboxylic acids is 2. The predicted octanol–water partition coefficient (Wildman–Crippen LogP) is 5.41. The first kappa shape index (κ1) is 22.2. The molecule has 160 valence electrons. The van der Waals surface area contributed by atoms with Gasteiger partial charge in [0, 0.05) is 11.1 Å². The Kier molecular flexibility index (Phi) is 6.00. The highest BCUT2D eigenvalue weighted by atomic mass is 16.6. The summed E-state index contributed by atoms with van der Waals surface area (Å²) in [5.74, 6) is -0.570. The van der Waals surface area contributed by atoms with Crippen LogP contribution in [0, 0.1) is 0 Å². The van der Waals surface area contributed by atoms with Crippen molar-refractivity contribution < 1.29 is 24.2 Å². The fourth-order valence-electron chi connectivity index (χ4n) is 3.32. The number of benzene rings is 3. The van der Waals surface area contributed by atoms with E-state index in [0.29, 0.717) is 16.9 Å². The third kappa shape index (κ3) is 4.84. The summed E-state index contributed by atoms with van der Waals surface area (Å²) in [4.78, 5) is 23.9. The molecule has 0 aliphatic rings. The van der Waals surface area contributed by atoms with Gasteiger partial charge < -0.3 is 14.6 Å². The van der Waals surface area contributed by atoms with Crippen molar-refractivity contribution in [2.45, 2.75) is 39.4 Å². The molecule has 0 aliphatic carbocycles. The average Bonchev–Trinajstić information content (AvgIpc) is 2.70. The monoisotopic (exact) mass is 418 g/mol. The number of carbonyl (C=O) groups is 2. The molecule has 1 N–H and O–H groups in total. The minimum absolute atomic E-state index is 0.268. The van der Waals surface area contributed by atoms with Crippen LogP contribution in [-0.4, -0.2) is 22.6 Å². The van der Waals surface area contributed by atoms with E-state index in [9.17, 15) is 14.7 Å². The summed E-state index contributed by atoms with van der Waals surface area (Å²) in [7, 11) is 0. The molecule has 5 nitrogen and oxygen atoms in total. The van der Waals surface area contributed by atoms with Crippen molar-refractivity contribution in [1.29, 1.82) is 0 Å². The largest absolute Gasteiger partial charge is 0.451 e. The Labute approximate surface area is 181 Å². The van der Waals surface area contributed by atoms with Gasteiger partial charge in [-0.15, -0.1) is 0 Å². The van der Waals surface area contributed by atoms with Crippen LogP contribution in [-0.2, 0) is 14.3 Å². The number of rotatable bonds is 6. The number of esters is 2. The van der Waals surface area contributed by atoms with Crippen LogP contribution < -0.4 is 4.74 Å². The maximum atomic E-state index is 12.1. The lowest BCUT2D eigenvalue weighted by Gasteiger charge is -2.29. The summed E-state index contributed by atoms with van der Waals surface area (Å²) in [5.41, 5.74) is 0.00234. The molecule has 0 saturated carbocycles. The molecule has 0 radical (unpaired) electrons. The quantitative estimate of drug-likeness (QED) is 0.251. The first-order valence-corrected chi connectivity index (χ1v) is 9.90. The molecule has 0 saturated heterocycles. The first-order valence-electron chi connectivity index (χ1n) is 9.90. The Morgan fingerprint density at radius 3 is 1.97 bits per heavy atom. The maximum absolute atomic E-state index is 12.1. The standard InChI is InChI=1S/C26H26O5/c1-15(2)24(27)30-20-10-12-22-18(14-20)8-7-17-13-19(9-11-21(17)22)23(26(5,6)29)31-25(28)16(3)4/h7-14,23,29H,1,3H2,2,4-6H3. The molecule has 0 amide bonds. The zero-order valence-electron chi connectivity index (χ0n) is 18.2. The van der Waals surface area contributed by atoms with E-state index in [-0.39, 0.29) is 5.57 Å². The highest BCUT2D eigenvalue weighted by molar-refractivity contribution is 6.08. The predicted molar refractivity (Wildman–Crippen MR) is 122 cm³/mol. The van der Waals surface area contributed by atoms with Crippen LogP contribution in [0.15, 0.2) is 72.8 Å². The number of hydrogen-bond donors (Lipinski definition) is 1. The molecule has 0 aliphatic heterocycles. The zero-order valence-corrected chi connectivity index (χ0v) is 18.2. The molecule has 31 heavy (non-hydrogen) atoms. The Morgan fingerprint density at radius 1 is 0.871 bits per heavy atom. The molecule has 1 atom stereocenters. The van der Waals surface area contributed by atoms with Crippen molar-refractivity contribution in [2.24, 2.45) is 0 Å². The molecule has 3 rings (SSSR count). The maximum Gasteiger partial charge on any atom is 0.338 e. The van der Waals surface area contributed by atoms with Gasteiger partial charge >= 0.3 is 11.9 Å². The van der Waals surface area contributed by atoms with Gasteiger partial charge in [0.1, 0.15) is 11.4 Å². The van der Waals surface area contributed by atoms with Gasteiger partial charge in [-0.05, 0) is 73.0 Å². The van der Waals surface area contributed by atoms with Crippen molar-refractivity contribution in [3.63, 3.8) is 0 Å². The molecule has 0 spiro atoms. The fourth-order valence-corrected chi connectivity index (χ4v) is 3.32. The number of fused-ring (bicyclic) bond motifs is 3. The molecule has 3 aromatic rings. The van der Waals surface area contributed by atoms with Gasteiger partial charge in [-0.3, -0.25) is 0 Å². The lowest BCUT2D eigenvalue weighted by Crippen LogP contribution is -2.32. The summed E-state index contributed by atoms with van der Waals surface area (Å²) < 4.78 is 10.8. The topological polar surface area (TPSA) is 72.8 Å². The Bertz CT molecular complexity index is 1210. The molecule has 0 bridgehead atoms. The van der Waals surface area contributed by atoms with E-state index in [1.807, 2.05) is 36.4 Å². The minimum atomic E-state index is -1.28. The van der Waals surface area contributed by atoms with E-state index in [1.54, 1.807) is 39.8 Å². The second kappa shape index (κ2) is 8.36. The normalized spacial score (nSPS) is 12.4. The van der Waals surface area contributed by atoms with Gasteiger partial charge in [0.05, 0.1) is 0 Å². The SMILES string of the molecule is C=C(C)C(=O)Oc1ccc2c(ccc3cc(C(OC(=O)C(=C)C)C(C)(C)O)ccc32)c1. The summed E-state index contributed by atoms with van der Waals surface area (Å²) in [6, 6.07) is 15.0. The van der Waals surface area contributed by atoms with E-state index in [4.69, 9.17) is 9.47 Å². The number of ether oxygens (including phenoxy) is 2. The van der Waals surface area contributed by atoms with Crippen LogP contribution >= 0.6 is 0 Å². The van der Waals surface area contributed by atoms with Gasteiger partial charge in [-0.1, -0.05) is 43.5 Å². The Balaban J connectivity index is 2.03. The molecule has 1 unspecified atom stereocenters. The summed E-state index contributed by atoms with van der Waals surface area (Å²) in [6.45, 7) is 13.6. The van der Waals surface area contributed by atoms with E-state index in [0.717, 1.165) is 21.5 Å². The highest BCUT2D eigenvalue weighted by Gasteiger charge is 2.32. The van der Waals surface area contributed by atoms with Crippen LogP contribution in [0.5, 0.6) is 5.75 Å².